The van der Waals surface area contributed by atoms with Crippen LogP contribution in [0.5, 0.6) is 0 Å². The fourth-order valence-corrected chi connectivity index (χ4v) is 3.49. The summed E-state index contributed by atoms with van der Waals surface area (Å²) < 4.78 is 0. The Kier molecular flexibility index (Phi) is 4.11. The Bertz CT molecular complexity index is 341. The van der Waals surface area contributed by atoms with Crippen LogP contribution < -0.4 is 5.73 Å². The molecule has 2 nitrogen and oxygen atoms in total. The smallest absolute Gasteiger partial charge is 0.0964 e. The Morgan fingerprint density at radius 3 is 2.94 bits per heavy atom. The first kappa shape index (κ1) is 12.2. The van der Waals surface area contributed by atoms with Crippen molar-refractivity contribution in [2.24, 2.45) is 11.7 Å². The second-order valence-electron chi connectivity index (χ2n) is 4.55. The Labute approximate surface area is 106 Å². The molecule has 0 amide bonds. The van der Waals surface area contributed by atoms with E-state index in [9.17, 15) is 0 Å². The van der Waals surface area contributed by atoms with E-state index in [0.29, 0.717) is 16.3 Å². The lowest BCUT2D eigenvalue weighted by molar-refractivity contribution is 0.357. The highest BCUT2D eigenvalue weighted by atomic mass is 35.5. The van der Waals surface area contributed by atoms with Crippen LogP contribution >= 0.6 is 23.4 Å². The maximum absolute atomic E-state index is 6.14. The van der Waals surface area contributed by atoms with Crippen molar-refractivity contribution in [3.63, 3.8) is 0 Å². The summed E-state index contributed by atoms with van der Waals surface area (Å²) in [7, 11) is 0. The average molecular weight is 257 g/mol. The molecular weight excluding hydrogens is 240 g/mol. The van der Waals surface area contributed by atoms with Crippen molar-refractivity contribution in [1.82, 2.24) is 4.98 Å². The van der Waals surface area contributed by atoms with E-state index in [1.165, 1.54) is 12.8 Å². The van der Waals surface area contributed by atoms with Gasteiger partial charge < -0.3 is 5.73 Å². The standard InChI is InChI=1S/C12H17ClN2S/c1-8-2-4-10(14)11(6-8)16-12-5-3-9(13)7-15-12/h3,5,7-8,10-11H,2,4,6,14H2,1H3. The molecule has 1 aromatic heterocycles. The van der Waals surface area contributed by atoms with Crippen LogP contribution in [-0.4, -0.2) is 16.3 Å². The fraction of sp³-hybridized carbons (Fsp3) is 0.583. The number of nitrogens with two attached hydrogens (primary N) is 1. The highest BCUT2D eigenvalue weighted by Crippen LogP contribution is 2.34. The monoisotopic (exact) mass is 256 g/mol. The summed E-state index contributed by atoms with van der Waals surface area (Å²) in [6, 6.07) is 4.16. The van der Waals surface area contributed by atoms with E-state index in [2.05, 4.69) is 11.9 Å². The van der Waals surface area contributed by atoms with E-state index in [1.54, 1.807) is 18.0 Å². The number of hydrogen-bond acceptors (Lipinski definition) is 3. The number of hydrogen-bond donors (Lipinski definition) is 1. The molecule has 1 heterocycles. The van der Waals surface area contributed by atoms with E-state index < -0.39 is 0 Å². The number of halogens is 1. The maximum Gasteiger partial charge on any atom is 0.0964 e. The topological polar surface area (TPSA) is 38.9 Å². The highest BCUT2D eigenvalue weighted by Gasteiger charge is 2.26. The minimum Gasteiger partial charge on any atom is -0.327 e. The quantitative estimate of drug-likeness (QED) is 0.882. The van der Waals surface area contributed by atoms with Gasteiger partial charge in [-0.1, -0.05) is 18.5 Å². The molecule has 3 unspecified atom stereocenters. The SMILES string of the molecule is CC1CCC(N)C(Sc2ccc(Cl)cn2)C1. The van der Waals surface area contributed by atoms with Crippen molar-refractivity contribution >= 4 is 23.4 Å². The van der Waals surface area contributed by atoms with Gasteiger partial charge in [0.1, 0.15) is 0 Å². The van der Waals surface area contributed by atoms with Crippen LogP contribution in [0.1, 0.15) is 26.2 Å². The van der Waals surface area contributed by atoms with E-state index in [0.717, 1.165) is 17.4 Å². The molecule has 0 spiro atoms. The summed E-state index contributed by atoms with van der Waals surface area (Å²) in [5, 5.41) is 2.21. The first-order chi connectivity index (χ1) is 7.65. The van der Waals surface area contributed by atoms with Gasteiger partial charge in [-0.25, -0.2) is 4.98 Å². The van der Waals surface area contributed by atoms with Crippen LogP contribution in [-0.2, 0) is 0 Å². The van der Waals surface area contributed by atoms with Gasteiger partial charge in [-0.15, -0.1) is 11.8 Å². The molecule has 0 saturated heterocycles. The zero-order valence-corrected chi connectivity index (χ0v) is 11.0. The summed E-state index contributed by atoms with van der Waals surface area (Å²) >= 11 is 7.60. The van der Waals surface area contributed by atoms with Gasteiger partial charge in [-0.3, -0.25) is 0 Å². The van der Waals surface area contributed by atoms with Gasteiger partial charge >= 0.3 is 0 Å². The number of rotatable bonds is 2. The normalized spacial score (nSPS) is 30.3. The molecule has 0 aromatic carbocycles. The second kappa shape index (κ2) is 5.39. The van der Waals surface area contributed by atoms with Crippen LogP contribution in [0.3, 0.4) is 0 Å². The minimum atomic E-state index is 0.304. The summed E-state index contributed by atoms with van der Waals surface area (Å²) in [5.74, 6) is 0.782. The van der Waals surface area contributed by atoms with E-state index in [-0.39, 0.29) is 0 Å². The fourth-order valence-electron chi connectivity index (χ4n) is 2.07. The summed E-state index contributed by atoms with van der Waals surface area (Å²) in [6.07, 6.45) is 5.27. The maximum atomic E-state index is 6.14. The van der Waals surface area contributed by atoms with E-state index >= 15 is 0 Å². The molecule has 0 bridgehead atoms. The molecule has 3 atom stereocenters. The Morgan fingerprint density at radius 2 is 2.25 bits per heavy atom. The van der Waals surface area contributed by atoms with Gasteiger partial charge in [0, 0.05) is 17.5 Å². The molecule has 1 aliphatic rings. The molecule has 1 fully saturated rings. The predicted molar refractivity (Wildman–Crippen MR) is 69.9 cm³/mol. The lowest BCUT2D eigenvalue weighted by Gasteiger charge is -2.31. The van der Waals surface area contributed by atoms with Crippen molar-refractivity contribution in [1.29, 1.82) is 0 Å². The van der Waals surface area contributed by atoms with Crippen LogP contribution in [0.15, 0.2) is 23.4 Å². The largest absolute Gasteiger partial charge is 0.327 e. The molecule has 0 radical (unpaired) electrons. The van der Waals surface area contributed by atoms with Crippen molar-refractivity contribution in [2.45, 2.75) is 42.5 Å². The molecule has 1 saturated carbocycles. The van der Waals surface area contributed by atoms with Gasteiger partial charge in [0.15, 0.2) is 0 Å². The van der Waals surface area contributed by atoms with Crippen molar-refractivity contribution in [3.05, 3.63) is 23.4 Å². The van der Waals surface area contributed by atoms with Gasteiger partial charge in [0.2, 0.25) is 0 Å². The van der Waals surface area contributed by atoms with Gasteiger partial charge in [-0.2, -0.15) is 0 Å². The van der Waals surface area contributed by atoms with Crippen LogP contribution in [0.4, 0.5) is 0 Å². The summed E-state index contributed by atoms with van der Waals surface area (Å²) in [6.45, 7) is 2.30. The molecule has 1 aliphatic carbocycles. The summed E-state index contributed by atoms with van der Waals surface area (Å²) in [5.41, 5.74) is 6.14. The lowest BCUT2D eigenvalue weighted by atomic mass is 9.87. The molecule has 0 aliphatic heterocycles. The summed E-state index contributed by atoms with van der Waals surface area (Å²) in [4.78, 5) is 4.31. The molecule has 88 valence electrons. The third-order valence-corrected chi connectivity index (χ3v) is 4.63. The number of nitrogens with zero attached hydrogens (tertiary/aromatic N) is 1. The lowest BCUT2D eigenvalue weighted by Crippen LogP contribution is -2.37. The van der Waals surface area contributed by atoms with Crippen molar-refractivity contribution < 1.29 is 0 Å². The van der Waals surface area contributed by atoms with Gasteiger partial charge in [0.25, 0.3) is 0 Å². The Morgan fingerprint density at radius 1 is 1.44 bits per heavy atom. The first-order valence-electron chi connectivity index (χ1n) is 5.69. The van der Waals surface area contributed by atoms with E-state index in [4.69, 9.17) is 17.3 Å². The third kappa shape index (κ3) is 3.12. The number of thioether (sulfide) groups is 1. The molecule has 4 heteroatoms. The second-order valence-corrected chi connectivity index (χ2v) is 6.25. The van der Waals surface area contributed by atoms with Crippen molar-refractivity contribution in [2.75, 3.05) is 0 Å². The molecular formula is C12H17ClN2S. The van der Waals surface area contributed by atoms with Gasteiger partial charge in [0.05, 0.1) is 10.0 Å². The Balaban J connectivity index is 2.00. The van der Waals surface area contributed by atoms with Crippen LogP contribution in [0, 0.1) is 5.92 Å². The number of aromatic nitrogens is 1. The van der Waals surface area contributed by atoms with E-state index in [1.807, 2.05) is 12.1 Å². The molecule has 1 aromatic rings. The zero-order valence-electron chi connectivity index (χ0n) is 9.40. The third-order valence-electron chi connectivity index (χ3n) is 3.08. The van der Waals surface area contributed by atoms with Crippen molar-refractivity contribution in [3.8, 4) is 0 Å². The zero-order chi connectivity index (χ0) is 11.5. The highest BCUT2D eigenvalue weighted by molar-refractivity contribution is 7.99. The molecule has 16 heavy (non-hydrogen) atoms. The average Bonchev–Trinajstić information content (AvgIpc) is 2.27. The van der Waals surface area contributed by atoms with Crippen LogP contribution in [0.2, 0.25) is 5.02 Å². The number of pyridine rings is 1. The van der Waals surface area contributed by atoms with Gasteiger partial charge in [-0.05, 0) is 37.3 Å². The molecule has 2 N–H and O–H groups in total. The minimum absolute atomic E-state index is 0.304. The predicted octanol–water partition coefficient (Wildman–Crippen LogP) is 3.34. The first-order valence-corrected chi connectivity index (χ1v) is 6.94. The Hall–Kier alpha value is -0.250. The molecule has 2 rings (SSSR count). The van der Waals surface area contributed by atoms with Crippen LogP contribution in [0.25, 0.3) is 0 Å².